The molecule has 2 aromatic rings. The Balaban J connectivity index is 1.51. The molecule has 0 aromatic heterocycles. The minimum absolute atomic E-state index is 0.00924. The van der Waals surface area contributed by atoms with Crippen LogP contribution < -0.4 is 15.4 Å². The largest absolute Gasteiger partial charge is 0.488 e. The van der Waals surface area contributed by atoms with Gasteiger partial charge in [-0.2, -0.15) is 13.2 Å². The first kappa shape index (κ1) is 32.6. The van der Waals surface area contributed by atoms with Crippen molar-refractivity contribution in [2.75, 3.05) is 43.9 Å². The van der Waals surface area contributed by atoms with E-state index in [4.69, 9.17) is 4.74 Å². The fourth-order valence-corrected chi connectivity index (χ4v) is 5.95. The second-order valence-corrected chi connectivity index (χ2v) is 12.1. The van der Waals surface area contributed by atoms with Gasteiger partial charge in [0.2, 0.25) is 5.91 Å². The first-order chi connectivity index (χ1) is 20.4. The van der Waals surface area contributed by atoms with Gasteiger partial charge in [0.15, 0.2) is 0 Å². The topological polar surface area (TPSA) is 94.1 Å². The SMILES string of the molecule is C[C@@H]1CN([C@@H](C)CO)C(=O)Cc2cc(NC(=O)Nc3ccc(C(F)(F)F)cc3)ccc2O[C@H]1CN(C)CC1CCCCC1. The highest BCUT2D eigenvalue weighted by molar-refractivity contribution is 6.00. The van der Waals surface area contributed by atoms with Gasteiger partial charge in [-0.1, -0.05) is 26.2 Å². The number of rotatable bonds is 8. The van der Waals surface area contributed by atoms with Gasteiger partial charge in [0.05, 0.1) is 24.6 Å². The number of carbonyl (C=O) groups excluding carboxylic acids is 2. The van der Waals surface area contributed by atoms with E-state index in [1.165, 1.54) is 44.2 Å². The average molecular weight is 605 g/mol. The van der Waals surface area contributed by atoms with Crippen molar-refractivity contribution in [2.24, 2.45) is 11.8 Å². The molecule has 3 N–H and O–H groups in total. The Morgan fingerprint density at radius 3 is 2.37 bits per heavy atom. The second kappa shape index (κ2) is 14.4. The zero-order chi connectivity index (χ0) is 31.1. The Labute approximate surface area is 251 Å². The third-order valence-corrected chi connectivity index (χ3v) is 8.43. The fourth-order valence-electron chi connectivity index (χ4n) is 5.95. The van der Waals surface area contributed by atoms with Crippen molar-refractivity contribution in [1.82, 2.24) is 9.80 Å². The summed E-state index contributed by atoms with van der Waals surface area (Å²) in [6.07, 6.45) is 1.68. The maximum atomic E-state index is 13.5. The molecule has 1 aliphatic heterocycles. The number of hydrogen-bond donors (Lipinski definition) is 3. The van der Waals surface area contributed by atoms with Gasteiger partial charge in [0.25, 0.3) is 0 Å². The molecule has 8 nitrogen and oxygen atoms in total. The van der Waals surface area contributed by atoms with Crippen LogP contribution in [-0.4, -0.2) is 72.3 Å². The van der Waals surface area contributed by atoms with Gasteiger partial charge < -0.3 is 30.3 Å². The van der Waals surface area contributed by atoms with E-state index in [1.807, 2.05) is 6.92 Å². The fraction of sp³-hybridized carbons (Fsp3) is 0.562. The highest BCUT2D eigenvalue weighted by Gasteiger charge is 2.32. The lowest BCUT2D eigenvalue weighted by atomic mass is 9.89. The molecular weight excluding hydrogens is 561 g/mol. The summed E-state index contributed by atoms with van der Waals surface area (Å²) >= 11 is 0. The Bertz CT molecular complexity index is 1230. The number of fused-ring (bicyclic) bond motifs is 1. The van der Waals surface area contributed by atoms with E-state index in [2.05, 4.69) is 29.5 Å². The highest BCUT2D eigenvalue weighted by Crippen LogP contribution is 2.31. The standard InChI is InChI=1S/C32H43F3N4O4/c1-21-17-39(22(2)20-40)30(41)16-24-15-27(37-31(42)36-26-11-9-25(10-12-26)32(33,34)35)13-14-28(24)43-29(21)19-38(3)18-23-7-5-4-6-8-23/h9-15,21-23,29,40H,4-8,16-20H2,1-3H3,(H2,36,37,42)/t21-,22+,29+/m1/s1. The monoisotopic (exact) mass is 604 g/mol. The molecule has 0 spiro atoms. The molecule has 43 heavy (non-hydrogen) atoms. The van der Waals surface area contributed by atoms with Crippen LogP contribution in [0.25, 0.3) is 0 Å². The van der Waals surface area contributed by atoms with E-state index in [-0.39, 0.29) is 42.7 Å². The lowest BCUT2D eigenvalue weighted by Gasteiger charge is -2.35. The molecule has 2 aliphatic rings. The lowest BCUT2D eigenvalue weighted by molar-refractivity contribution is -0.137. The van der Waals surface area contributed by atoms with Gasteiger partial charge in [-0.3, -0.25) is 4.79 Å². The van der Waals surface area contributed by atoms with Gasteiger partial charge in [-0.25, -0.2) is 4.79 Å². The van der Waals surface area contributed by atoms with Crippen LogP contribution >= 0.6 is 0 Å². The number of aliphatic hydroxyl groups excluding tert-OH is 1. The summed E-state index contributed by atoms with van der Waals surface area (Å²) in [5, 5.41) is 15.1. The molecule has 4 rings (SSSR count). The number of ether oxygens (including phenoxy) is 1. The van der Waals surface area contributed by atoms with Gasteiger partial charge in [0.1, 0.15) is 11.9 Å². The van der Waals surface area contributed by atoms with Crippen LogP contribution in [0.5, 0.6) is 5.75 Å². The number of hydrogen-bond acceptors (Lipinski definition) is 5. The smallest absolute Gasteiger partial charge is 0.416 e. The van der Waals surface area contributed by atoms with Gasteiger partial charge in [0, 0.05) is 42.5 Å². The number of aliphatic hydroxyl groups is 1. The minimum Gasteiger partial charge on any atom is -0.488 e. The molecule has 3 atom stereocenters. The van der Waals surface area contributed by atoms with E-state index in [1.54, 1.807) is 23.1 Å². The Hall–Kier alpha value is -3.31. The number of benzene rings is 2. The molecule has 0 unspecified atom stereocenters. The molecule has 0 radical (unpaired) electrons. The summed E-state index contributed by atoms with van der Waals surface area (Å²) in [5.41, 5.74) is 0.397. The van der Waals surface area contributed by atoms with E-state index in [0.717, 1.165) is 18.7 Å². The number of alkyl halides is 3. The van der Waals surface area contributed by atoms with Crippen LogP contribution in [0.3, 0.4) is 0 Å². The minimum atomic E-state index is -4.47. The van der Waals surface area contributed by atoms with Crippen LogP contribution in [0.1, 0.15) is 57.1 Å². The summed E-state index contributed by atoms with van der Waals surface area (Å²) in [4.78, 5) is 30.1. The lowest BCUT2D eigenvalue weighted by Crippen LogP contribution is -2.48. The molecular formula is C32H43F3N4O4. The van der Waals surface area contributed by atoms with Crippen LogP contribution in [0.2, 0.25) is 0 Å². The van der Waals surface area contributed by atoms with E-state index in [0.29, 0.717) is 36.0 Å². The molecule has 0 bridgehead atoms. The van der Waals surface area contributed by atoms with Crippen LogP contribution in [-0.2, 0) is 17.4 Å². The number of nitrogens with one attached hydrogen (secondary N) is 2. The molecule has 1 heterocycles. The predicted octanol–water partition coefficient (Wildman–Crippen LogP) is 6.01. The van der Waals surface area contributed by atoms with Crippen LogP contribution in [0, 0.1) is 11.8 Å². The van der Waals surface area contributed by atoms with Crippen LogP contribution in [0.15, 0.2) is 42.5 Å². The number of urea groups is 1. The Morgan fingerprint density at radius 1 is 1.07 bits per heavy atom. The molecule has 3 amide bonds. The number of likely N-dealkylation sites (N-methyl/N-ethyl adjacent to an activating group) is 1. The first-order valence-corrected chi connectivity index (χ1v) is 15.1. The van der Waals surface area contributed by atoms with Crippen molar-refractivity contribution >= 4 is 23.3 Å². The summed E-state index contributed by atoms with van der Waals surface area (Å²) in [7, 11) is 2.11. The zero-order valence-corrected chi connectivity index (χ0v) is 25.1. The third kappa shape index (κ3) is 9.09. The van der Waals surface area contributed by atoms with Gasteiger partial charge >= 0.3 is 12.2 Å². The quantitative estimate of drug-likeness (QED) is 0.343. The Kier molecular flexibility index (Phi) is 10.9. The summed E-state index contributed by atoms with van der Waals surface area (Å²) in [5.74, 6) is 1.07. The van der Waals surface area contributed by atoms with Crippen molar-refractivity contribution in [1.29, 1.82) is 0 Å². The van der Waals surface area contributed by atoms with E-state index >= 15 is 0 Å². The van der Waals surface area contributed by atoms with Crippen molar-refractivity contribution < 1.29 is 32.6 Å². The predicted molar refractivity (Wildman–Crippen MR) is 160 cm³/mol. The second-order valence-electron chi connectivity index (χ2n) is 12.1. The number of halogens is 3. The molecule has 1 saturated carbocycles. The van der Waals surface area contributed by atoms with Crippen molar-refractivity contribution in [3.05, 3.63) is 53.6 Å². The highest BCUT2D eigenvalue weighted by atomic mass is 19.4. The summed E-state index contributed by atoms with van der Waals surface area (Å²) < 4.78 is 45.2. The van der Waals surface area contributed by atoms with E-state index < -0.39 is 17.8 Å². The van der Waals surface area contributed by atoms with Gasteiger partial charge in [-0.15, -0.1) is 0 Å². The number of nitrogens with zero attached hydrogens (tertiary/aromatic N) is 2. The summed E-state index contributed by atoms with van der Waals surface area (Å²) in [6, 6.07) is 8.25. The van der Waals surface area contributed by atoms with Gasteiger partial charge in [-0.05, 0) is 75.2 Å². The van der Waals surface area contributed by atoms with E-state index in [9.17, 15) is 27.9 Å². The maximum Gasteiger partial charge on any atom is 0.416 e. The Morgan fingerprint density at radius 2 is 1.72 bits per heavy atom. The van der Waals surface area contributed by atoms with Crippen molar-refractivity contribution in [2.45, 2.75) is 70.7 Å². The number of amides is 3. The third-order valence-electron chi connectivity index (χ3n) is 8.43. The molecule has 1 aliphatic carbocycles. The summed E-state index contributed by atoms with van der Waals surface area (Å²) in [6.45, 7) is 5.84. The first-order valence-electron chi connectivity index (χ1n) is 15.1. The average Bonchev–Trinajstić information content (AvgIpc) is 3.00. The maximum absolute atomic E-state index is 13.5. The van der Waals surface area contributed by atoms with Crippen LogP contribution in [0.4, 0.5) is 29.3 Å². The molecule has 11 heteroatoms. The molecule has 2 aromatic carbocycles. The van der Waals surface area contributed by atoms with Crippen molar-refractivity contribution in [3.8, 4) is 5.75 Å². The number of anilines is 2. The van der Waals surface area contributed by atoms with Crippen molar-refractivity contribution in [3.63, 3.8) is 0 Å². The number of carbonyl (C=O) groups is 2. The normalized spacial score (nSPS) is 20.8. The molecule has 1 fully saturated rings. The molecule has 0 saturated heterocycles. The molecule has 236 valence electrons. The zero-order valence-electron chi connectivity index (χ0n) is 25.1.